The Kier molecular flexibility index (Phi) is 4.67. The van der Waals surface area contributed by atoms with Crippen LogP contribution in [-0.4, -0.2) is 23.4 Å². The molecule has 24 heavy (non-hydrogen) atoms. The van der Waals surface area contributed by atoms with Gasteiger partial charge in [0, 0.05) is 5.39 Å². The van der Waals surface area contributed by atoms with E-state index in [1.807, 2.05) is 30.3 Å². The zero-order valence-electron chi connectivity index (χ0n) is 12.7. The van der Waals surface area contributed by atoms with Crippen LogP contribution in [0, 0.1) is 0 Å². The summed E-state index contributed by atoms with van der Waals surface area (Å²) in [5.74, 6) is -0.378. The summed E-state index contributed by atoms with van der Waals surface area (Å²) in [6.07, 6.45) is 0. The highest BCUT2D eigenvalue weighted by Gasteiger charge is 2.10. The smallest absolute Gasteiger partial charge is 0.288 e. The molecule has 3 rings (SSSR count). The molecule has 1 aromatic heterocycles. The van der Waals surface area contributed by atoms with E-state index in [0.717, 1.165) is 5.39 Å². The van der Waals surface area contributed by atoms with E-state index in [1.165, 1.54) is 0 Å². The largest absolute Gasteiger partial charge is 0.484 e. The molecule has 2 N–H and O–H groups in total. The number of hydrogen-bond donors (Lipinski definition) is 2. The minimum atomic E-state index is -0.492. The van der Waals surface area contributed by atoms with E-state index < -0.39 is 11.8 Å². The molecule has 0 bridgehead atoms. The molecule has 0 aliphatic carbocycles. The number of carbonyl (C=O) groups is 2. The van der Waals surface area contributed by atoms with Crippen molar-refractivity contribution in [2.24, 2.45) is 0 Å². The lowest BCUT2D eigenvalue weighted by molar-refractivity contribution is -0.123. The van der Waals surface area contributed by atoms with Crippen LogP contribution in [0.4, 0.5) is 0 Å². The Balaban J connectivity index is 1.53. The number of nitrogens with zero attached hydrogens (tertiary/aromatic N) is 1. The topological polar surface area (TPSA) is 80.3 Å². The third-order valence-electron chi connectivity index (χ3n) is 3.26. The predicted molar refractivity (Wildman–Crippen MR) is 89.3 cm³/mol. The van der Waals surface area contributed by atoms with Crippen LogP contribution in [0.1, 0.15) is 10.5 Å². The lowest BCUT2D eigenvalue weighted by atomic mass is 10.2. The molecule has 0 fully saturated rings. The predicted octanol–water partition coefficient (Wildman–Crippen LogP) is 2.07. The maximum atomic E-state index is 12.0. The standard InChI is InChI=1S/C18H15N3O3/c22-17(12-24-14-7-2-1-3-8-14)20-21-18(23)16-11-10-13-6-4-5-9-15(13)19-16/h1-11H,12H2,(H,20,22)(H,21,23). The van der Waals surface area contributed by atoms with Crippen molar-refractivity contribution < 1.29 is 14.3 Å². The fourth-order valence-corrected chi connectivity index (χ4v) is 2.08. The van der Waals surface area contributed by atoms with Crippen LogP contribution in [0.3, 0.4) is 0 Å². The number of aromatic nitrogens is 1. The molecule has 1 heterocycles. The van der Waals surface area contributed by atoms with E-state index in [0.29, 0.717) is 11.3 Å². The zero-order valence-corrected chi connectivity index (χ0v) is 12.7. The minimum Gasteiger partial charge on any atom is -0.484 e. The van der Waals surface area contributed by atoms with Crippen molar-refractivity contribution in [1.29, 1.82) is 0 Å². The van der Waals surface area contributed by atoms with Crippen LogP contribution < -0.4 is 15.6 Å². The molecule has 0 unspecified atom stereocenters. The number of hydrazine groups is 1. The number of ether oxygens (including phenoxy) is 1. The first-order chi connectivity index (χ1) is 11.7. The van der Waals surface area contributed by atoms with E-state index in [4.69, 9.17) is 4.74 Å². The van der Waals surface area contributed by atoms with Gasteiger partial charge in [0.05, 0.1) is 5.52 Å². The van der Waals surface area contributed by atoms with Crippen molar-refractivity contribution in [2.45, 2.75) is 0 Å². The molecule has 0 saturated carbocycles. The van der Waals surface area contributed by atoms with Crippen LogP contribution in [0.2, 0.25) is 0 Å². The molecule has 6 nitrogen and oxygen atoms in total. The first kappa shape index (κ1) is 15.5. The number of amides is 2. The number of carbonyl (C=O) groups excluding carboxylic acids is 2. The Morgan fingerprint density at radius 2 is 1.62 bits per heavy atom. The number of hydrogen-bond acceptors (Lipinski definition) is 4. The second kappa shape index (κ2) is 7.23. The van der Waals surface area contributed by atoms with Gasteiger partial charge >= 0.3 is 0 Å². The van der Waals surface area contributed by atoms with Crippen LogP contribution in [0.15, 0.2) is 66.7 Å². The fourth-order valence-electron chi connectivity index (χ4n) is 2.08. The number of fused-ring (bicyclic) bond motifs is 1. The summed E-state index contributed by atoms with van der Waals surface area (Å²) in [4.78, 5) is 28.0. The molecule has 6 heteroatoms. The molecule has 2 amide bonds. The molecule has 0 radical (unpaired) electrons. The van der Waals surface area contributed by atoms with Gasteiger partial charge in [-0.25, -0.2) is 4.98 Å². The average molecular weight is 321 g/mol. The molecule has 0 atom stereocenters. The monoisotopic (exact) mass is 321 g/mol. The van der Waals surface area contributed by atoms with E-state index in [9.17, 15) is 9.59 Å². The van der Waals surface area contributed by atoms with E-state index in [2.05, 4.69) is 15.8 Å². The Morgan fingerprint density at radius 3 is 2.46 bits per heavy atom. The number of benzene rings is 2. The Hall–Kier alpha value is -3.41. The normalized spacial score (nSPS) is 10.2. The van der Waals surface area contributed by atoms with Gasteiger partial charge in [-0.3, -0.25) is 20.4 Å². The summed E-state index contributed by atoms with van der Waals surface area (Å²) in [5, 5.41) is 0.939. The summed E-state index contributed by atoms with van der Waals surface area (Å²) in [5.41, 5.74) is 5.55. The maximum Gasteiger partial charge on any atom is 0.288 e. The summed E-state index contributed by atoms with van der Waals surface area (Å²) in [6, 6.07) is 19.8. The third kappa shape index (κ3) is 3.86. The van der Waals surface area contributed by atoms with E-state index in [1.54, 1.807) is 36.4 Å². The molecular weight excluding hydrogens is 306 g/mol. The van der Waals surface area contributed by atoms with Crippen LogP contribution in [0.25, 0.3) is 10.9 Å². The molecule has 0 spiro atoms. The van der Waals surface area contributed by atoms with E-state index in [-0.39, 0.29) is 12.3 Å². The summed E-state index contributed by atoms with van der Waals surface area (Å²) in [6.45, 7) is -0.199. The van der Waals surface area contributed by atoms with Crippen molar-refractivity contribution in [2.75, 3.05) is 6.61 Å². The lowest BCUT2D eigenvalue weighted by Crippen LogP contribution is -2.44. The second-order valence-corrected chi connectivity index (χ2v) is 4.99. The van der Waals surface area contributed by atoms with Gasteiger partial charge in [0.2, 0.25) is 0 Å². The SMILES string of the molecule is O=C(COc1ccccc1)NNC(=O)c1ccc2ccccc2n1. The van der Waals surface area contributed by atoms with Crippen LogP contribution in [0.5, 0.6) is 5.75 Å². The first-order valence-electron chi connectivity index (χ1n) is 7.35. The summed E-state index contributed by atoms with van der Waals surface area (Å²) in [7, 11) is 0. The minimum absolute atomic E-state index is 0.199. The van der Waals surface area contributed by atoms with Crippen molar-refractivity contribution in [3.8, 4) is 5.75 Å². The Labute approximate surface area is 138 Å². The van der Waals surface area contributed by atoms with Crippen LogP contribution >= 0.6 is 0 Å². The summed E-state index contributed by atoms with van der Waals surface area (Å²) >= 11 is 0. The van der Waals surface area contributed by atoms with Gasteiger partial charge in [0.15, 0.2) is 6.61 Å². The Morgan fingerprint density at radius 1 is 0.875 bits per heavy atom. The first-order valence-corrected chi connectivity index (χ1v) is 7.35. The molecule has 0 aliphatic heterocycles. The fraction of sp³-hybridized carbons (Fsp3) is 0.0556. The van der Waals surface area contributed by atoms with E-state index >= 15 is 0 Å². The van der Waals surface area contributed by atoms with Gasteiger partial charge in [-0.2, -0.15) is 0 Å². The van der Waals surface area contributed by atoms with Gasteiger partial charge in [-0.1, -0.05) is 42.5 Å². The molecule has 3 aromatic rings. The molecule has 2 aromatic carbocycles. The van der Waals surface area contributed by atoms with Gasteiger partial charge in [0.1, 0.15) is 11.4 Å². The lowest BCUT2D eigenvalue weighted by Gasteiger charge is -2.08. The highest BCUT2D eigenvalue weighted by molar-refractivity contribution is 5.95. The molecule has 0 aliphatic rings. The Bertz CT molecular complexity index is 866. The quantitative estimate of drug-likeness (QED) is 0.721. The zero-order chi connectivity index (χ0) is 16.8. The molecule has 0 saturated heterocycles. The third-order valence-corrected chi connectivity index (χ3v) is 3.26. The highest BCUT2D eigenvalue weighted by atomic mass is 16.5. The molecular formula is C18H15N3O3. The number of pyridine rings is 1. The van der Waals surface area contributed by atoms with Crippen molar-refractivity contribution in [1.82, 2.24) is 15.8 Å². The van der Waals surface area contributed by atoms with Crippen molar-refractivity contribution in [3.05, 3.63) is 72.4 Å². The highest BCUT2D eigenvalue weighted by Crippen LogP contribution is 2.11. The van der Waals surface area contributed by atoms with Crippen molar-refractivity contribution >= 4 is 22.7 Å². The van der Waals surface area contributed by atoms with Gasteiger partial charge in [-0.05, 0) is 24.3 Å². The summed E-state index contributed by atoms with van der Waals surface area (Å²) < 4.78 is 5.28. The van der Waals surface area contributed by atoms with Gasteiger partial charge in [0.25, 0.3) is 11.8 Å². The molecule has 120 valence electrons. The van der Waals surface area contributed by atoms with Crippen molar-refractivity contribution in [3.63, 3.8) is 0 Å². The van der Waals surface area contributed by atoms with Gasteiger partial charge in [-0.15, -0.1) is 0 Å². The average Bonchev–Trinajstić information content (AvgIpc) is 2.65. The number of nitrogens with one attached hydrogen (secondary N) is 2. The van der Waals surface area contributed by atoms with Crippen LogP contribution in [-0.2, 0) is 4.79 Å². The number of rotatable bonds is 4. The maximum absolute atomic E-state index is 12.0. The second-order valence-electron chi connectivity index (χ2n) is 4.99. The van der Waals surface area contributed by atoms with Gasteiger partial charge < -0.3 is 4.74 Å². The number of para-hydroxylation sites is 2.